The van der Waals surface area contributed by atoms with Gasteiger partial charge >= 0.3 is 5.97 Å². The predicted octanol–water partition coefficient (Wildman–Crippen LogP) is 3.24. The summed E-state index contributed by atoms with van der Waals surface area (Å²) in [5.41, 5.74) is 1.23. The van der Waals surface area contributed by atoms with Gasteiger partial charge in [-0.2, -0.15) is 0 Å². The van der Waals surface area contributed by atoms with Crippen LogP contribution in [0.15, 0.2) is 45.5 Å². The molecule has 0 spiro atoms. The Labute approximate surface area is 130 Å². The number of nitrogens with zero attached hydrogens (tertiary/aromatic N) is 2. The fraction of sp³-hybridized carbons (Fsp3) is 0.188. The predicted molar refractivity (Wildman–Crippen MR) is 77.2 cm³/mol. The molecule has 0 fully saturated rings. The molecule has 0 aliphatic rings. The van der Waals surface area contributed by atoms with Gasteiger partial charge in [-0.05, 0) is 19.1 Å². The zero-order chi connectivity index (χ0) is 16.2. The van der Waals surface area contributed by atoms with Crippen molar-refractivity contribution in [1.29, 1.82) is 0 Å². The number of hydrogen-bond donors (Lipinski definition) is 0. The van der Waals surface area contributed by atoms with E-state index in [1.165, 1.54) is 18.4 Å². The molecule has 6 nitrogen and oxygen atoms in total. The fourth-order valence-electron chi connectivity index (χ4n) is 2.02. The van der Waals surface area contributed by atoms with Crippen LogP contribution in [0.3, 0.4) is 0 Å². The second-order valence-electron chi connectivity index (χ2n) is 4.71. The number of rotatable bonds is 5. The van der Waals surface area contributed by atoms with Gasteiger partial charge in [-0.1, -0.05) is 17.3 Å². The zero-order valence-corrected chi connectivity index (χ0v) is 12.3. The van der Waals surface area contributed by atoms with Gasteiger partial charge in [0.1, 0.15) is 23.5 Å². The molecule has 0 bridgehead atoms. The van der Waals surface area contributed by atoms with Gasteiger partial charge in [0.15, 0.2) is 5.69 Å². The van der Waals surface area contributed by atoms with Crippen LogP contribution < -0.4 is 0 Å². The molecule has 3 rings (SSSR count). The Morgan fingerprint density at radius 1 is 1.35 bits per heavy atom. The van der Waals surface area contributed by atoms with Crippen LogP contribution in [0.25, 0.3) is 11.3 Å². The number of aromatic nitrogens is 2. The first-order valence-electron chi connectivity index (χ1n) is 6.98. The van der Waals surface area contributed by atoms with E-state index in [1.54, 1.807) is 25.1 Å². The topological polar surface area (TPSA) is 78.4 Å². The average Bonchev–Trinajstić information content (AvgIpc) is 3.17. The Hall–Kier alpha value is -2.96. The van der Waals surface area contributed by atoms with Gasteiger partial charge in [-0.15, -0.1) is 0 Å². The lowest BCUT2D eigenvalue weighted by Gasteiger charge is -1.94. The van der Waals surface area contributed by atoms with Crippen LogP contribution in [0.2, 0.25) is 0 Å². The Morgan fingerprint density at radius 3 is 3.00 bits per heavy atom. The molecule has 0 N–H and O–H groups in total. The lowest BCUT2D eigenvalue weighted by atomic mass is 10.1. The maximum atomic E-state index is 13.2. The van der Waals surface area contributed by atoms with Crippen LogP contribution >= 0.6 is 0 Å². The summed E-state index contributed by atoms with van der Waals surface area (Å²) in [6.07, 6.45) is 1.46. The number of hydrogen-bond acceptors (Lipinski definition) is 6. The lowest BCUT2D eigenvalue weighted by Crippen LogP contribution is -2.05. The highest BCUT2D eigenvalue weighted by molar-refractivity contribution is 5.86. The SMILES string of the molecule is CCOC(=O)c1coc(Cc2cc(-c3cccc(F)c3)no2)n1. The number of carbonyl (C=O) groups excluding carboxylic acids is 1. The molecular weight excluding hydrogens is 303 g/mol. The third kappa shape index (κ3) is 3.45. The standard InChI is InChI=1S/C16H13FN2O4/c1-2-21-16(20)14-9-22-15(18-14)8-12-7-13(19-23-12)10-4-3-5-11(17)6-10/h3-7,9H,2,8H2,1H3. The second-order valence-corrected chi connectivity index (χ2v) is 4.71. The highest BCUT2D eigenvalue weighted by Crippen LogP contribution is 2.21. The minimum Gasteiger partial charge on any atom is -0.461 e. The minimum absolute atomic E-state index is 0.103. The van der Waals surface area contributed by atoms with E-state index in [0.717, 1.165) is 0 Å². The van der Waals surface area contributed by atoms with Gasteiger partial charge in [0.25, 0.3) is 0 Å². The van der Waals surface area contributed by atoms with E-state index in [9.17, 15) is 9.18 Å². The molecule has 0 amide bonds. The third-order valence-electron chi connectivity index (χ3n) is 3.04. The number of halogens is 1. The quantitative estimate of drug-likeness (QED) is 0.672. The molecule has 0 saturated heterocycles. The van der Waals surface area contributed by atoms with E-state index in [0.29, 0.717) is 22.9 Å². The largest absolute Gasteiger partial charge is 0.461 e. The Bertz CT molecular complexity index is 825. The van der Waals surface area contributed by atoms with Gasteiger partial charge in [-0.3, -0.25) is 0 Å². The Kier molecular flexibility index (Phi) is 4.18. The van der Waals surface area contributed by atoms with E-state index >= 15 is 0 Å². The normalized spacial score (nSPS) is 10.7. The molecule has 0 radical (unpaired) electrons. The number of ether oxygens (including phenoxy) is 1. The molecule has 1 aromatic carbocycles. The van der Waals surface area contributed by atoms with Crippen LogP contribution in [-0.4, -0.2) is 22.7 Å². The van der Waals surface area contributed by atoms with Crippen molar-refractivity contribution >= 4 is 5.97 Å². The first kappa shape index (κ1) is 15.0. The van der Waals surface area contributed by atoms with Crippen LogP contribution in [0.4, 0.5) is 4.39 Å². The number of oxazole rings is 1. The highest BCUT2D eigenvalue weighted by Gasteiger charge is 2.15. The number of esters is 1. The molecule has 0 unspecified atom stereocenters. The third-order valence-corrected chi connectivity index (χ3v) is 3.04. The molecule has 118 valence electrons. The van der Waals surface area contributed by atoms with E-state index in [-0.39, 0.29) is 24.5 Å². The summed E-state index contributed by atoms with van der Waals surface area (Å²) in [5, 5.41) is 3.89. The molecule has 2 aromatic heterocycles. The first-order chi connectivity index (χ1) is 11.2. The van der Waals surface area contributed by atoms with Crippen molar-refractivity contribution in [2.24, 2.45) is 0 Å². The summed E-state index contributed by atoms with van der Waals surface area (Å²) in [6.45, 7) is 1.97. The van der Waals surface area contributed by atoms with Gasteiger partial charge in [-0.25, -0.2) is 14.2 Å². The van der Waals surface area contributed by atoms with E-state index < -0.39 is 5.97 Å². The Morgan fingerprint density at radius 2 is 2.22 bits per heavy atom. The monoisotopic (exact) mass is 316 g/mol. The van der Waals surface area contributed by atoms with Crippen molar-refractivity contribution in [2.75, 3.05) is 6.61 Å². The maximum Gasteiger partial charge on any atom is 0.360 e. The van der Waals surface area contributed by atoms with E-state index in [1.807, 2.05) is 0 Å². The van der Waals surface area contributed by atoms with Crippen molar-refractivity contribution in [2.45, 2.75) is 13.3 Å². The van der Waals surface area contributed by atoms with Gasteiger partial charge in [0.2, 0.25) is 5.89 Å². The maximum absolute atomic E-state index is 13.2. The summed E-state index contributed by atoms with van der Waals surface area (Å²) in [4.78, 5) is 15.5. The number of carbonyl (C=O) groups is 1. The molecule has 23 heavy (non-hydrogen) atoms. The average molecular weight is 316 g/mol. The van der Waals surface area contributed by atoms with Crippen LogP contribution in [0, 0.1) is 5.82 Å². The summed E-state index contributed by atoms with van der Waals surface area (Å²) in [5.74, 6) is -0.101. The van der Waals surface area contributed by atoms with Crippen LogP contribution in [-0.2, 0) is 11.2 Å². The molecule has 7 heteroatoms. The molecule has 0 aliphatic carbocycles. The highest BCUT2D eigenvalue weighted by atomic mass is 19.1. The van der Waals surface area contributed by atoms with E-state index in [2.05, 4.69) is 10.1 Å². The fourth-order valence-corrected chi connectivity index (χ4v) is 2.02. The van der Waals surface area contributed by atoms with Gasteiger partial charge in [0, 0.05) is 11.6 Å². The molecule has 0 saturated carbocycles. The second kappa shape index (κ2) is 6.43. The van der Waals surface area contributed by atoms with Crippen molar-refractivity contribution in [1.82, 2.24) is 10.1 Å². The molecular formula is C16H13FN2O4. The van der Waals surface area contributed by atoms with E-state index in [4.69, 9.17) is 13.7 Å². The molecule has 2 heterocycles. The van der Waals surface area contributed by atoms with Crippen molar-refractivity contribution in [3.05, 3.63) is 59.8 Å². The van der Waals surface area contributed by atoms with Gasteiger partial charge < -0.3 is 13.7 Å². The summed E-state index contributed by atoms with van der Waals surface area (Å²) >= 11 is 0. The van der Waals surface area contributed by atoms with Crippen molar-refractivity contribution < 1.29 is 22.9 Å². The number of benzene rings is 1. The summed E-state index contributed by atoms with van der Waals surface area (Å²) in [7, 11) is 0. The molecule has 0 atom stereocenters. The van der Waals surface area contributed by atoms with Crippen LogP contribution in [0.1, 0.15) is 29.1 Å². The summed E-state index contributed by atoms with van der Waals surface area (Å²) in [6, 6.07) is 7.72. The Balaban J connectivity index is 1.73. The van der Waals surface area contributed by atoms with Gasteiger partial charge in [0.05, 0.1) is 13.0 Å². The minimum atomic E-state index is -0.541. The smallest absolute Gasteiger partial charge is 0.360 e. The van der Waals surface area contributed by atoms with Crippen molar-refractivity contribution in [3.8, 4) is 11.3 Å². The first-order valence-corrected chi connectivity index (χ1v) is 6.98. The molecule has 3 aromatic rings. The zero-order valence-electron chi connectivity index (χ0n) is 12.3. The lowest BCUT2D eigenvalue weighted by molar-refractivity contribution is 0.0519. The molecule has 0 aliphatic heterocycles. The van der Waals surface area contributed by atoms with Crippen LogP contribution in [0.5, 0.6) is 0 Å². The summed E-state index contributed by atoms with van der Waals surface area (Å²) < 4.78 is 28.5. The van der Waals surface area contributed by atoms with Crippen molar-refractivity contribution in [3.63, 3.8) is 0 Å².